The van der Waals surface area contributed by atoms with Crippen molar-refractivity contribution in [3.8, 4) is 0 Å². The van der Waals surface area contributed by atoms with Crippen molar-refractivity contribution >= 4 is 24.5 Å². The number of hydrogen-bond donors (Lipinski definition) is 4. The molecule has 1 aromatic rings. The number of nitrogens with one attached hydrogen (secondary N) is 2. The fourth-order valence-corrected chi connectivity index (χ4v) is 2.13. The molecule has 0 fully saturated rings. The lowest BCUT2D eigenvalue weighted by atomic mass is 10.0. The zero-order chi connectivity index (χ0) is 16.0. The highest BCUT2D eigenvalue weighted by Gasteiger charge is 2.34. The molecule has 0 aromatic heterocycles. The largest absolute Gasteiger partial charge is 0.480 e. The number of carboxylic acids is 1. The van der Waals surface area contributed by atoms with Crippen molar-refractivity contribution in [1.82, 2.24) is 10.6 Å². The van der Waals surface area contributed by atoms with E-state index in [1.807, 2.05) is 30.3 Å². The highest BCUT2D eigenvalue weighted by molar-refractivity contribution is 7.81. The third-order valence-electron chi connectivity index (χ3n) is 3.19. The lowest BCUT2D eigenvalue weighted by Crippen LogP contribution is -2.56. The average molecular weight is 310 g/mol. The lowest BCUT2D eigenvalue weighted by molar-refractivity contribution is -0.142. The summed E-state index contributed by atoms with van der Waals surface area (Å²) in [5.41, 5.74) is 1.00. The highest BCUT2D eigenvalue weighted by Crippen LogP contribution is 2.18. The van der Waals surface area contributed by atoms with Gasteiger partial charge < -0.3 is 15.7 Å². The monoisotopic (exact) mass is 310 g/mol. The van der Waals surface area contributed by atoms with E-state index in [-0.39, 0.29) is 5.91 Å². The number of carboxylic acid groups (broad SMARTS) is 1. The number of carbonyl (C=O) groups excluding carboxylic acids is 1. The van der Waals surface area contributed by atoms with Gasteiger partial charge in [0.15, 0.2) is 0 Å². The Morgan fingerprint density at radius 2 is 1.86 bits per heavy atom. The molecule has 0 saturated carbocycles. The molecular weight excluding hydrogens is 288 g/mol. The first-order chi connectivity index (χ1) is 9.75. The number of likely N-dealkylation sites (N-methyl/N-ethyl adjacent to an activating group) is 1. The molecule has 0 heterocycles. The second-order valence-electron chi connectivity index (χ2n) is 5.46. The van der Waals surface area contributed by atoms with Gasteiger partial charge in [-0.05, 0) is 32.9 Å². The molecule has 1 aromatic carbocycles. The molecule has 116 valence electrons. The van der Waals surface area contributed by atoms with Gasteiger partial charge in [0.2, 0.25) is 5.91 Å². The molecule has 1 rings (SSSR count). The van der Waals surface area contributed by atoms with Gasteiger partial charge in [-0.1, -0.05) is 30.3 Å². The van der Waals surface area contributed by atoms with E-state index in [4.69, 9.17) is 0 Å². The van der Waals surface area contributed by atoms with Crippen LogP contribution in [0.15, 0.2) is 30.3 Å². The minimum Gasteiger partial charge on any atom is -0.480 e. The molecule has 0 saturated heterocycles. The summed E-state index contributed by atoms with van der Waals surface area (Å²) in [5, 5.41) is 14.7. The number of rotatable bonds is 7. The van der Waals surface area contributed by atoms with Gasteiger partial charge in [0, 0.05) is 4.75 Å². The number of amides is 1. The normalized spacial score (nSPS) is 14.3. The highest BCUT2D eigenvalue weighted by atomic mass is 32.1. The predicted octanol–water partition coefficient (Wildman–Crippen LogP) is 1.09. The third kappa shape index (κ3) is 5.40. The average Bonchev–Trinajstić information content (AvgIpc) is 2.41. The molecule has 3 N–H and O–H groups in total. The molecule has 21 heavy (non-hydrogen) atoms. The van der Waals surface area contributed by atoms with Crippen molar-refractivity contribution in [2.45, 2.75) is 37.1 Å². The maximum Gasteiger partial charge on any atom is 0.327 e. The van der Waals surface area contributed by atoms with Crippen LogP contribution in [0.1, 0.15) is 19.4 Å². The maximum atomic E-state index is 12.3. The second kappa shape index (κ2) is 7.47. The van der Waals surface area contributed by atoms with Gasteiger partial charge in [0.1, 0.15) is 6.04 Å². The fourth-order valence-electron chi connectivity index (χ4n) is 1.96. The maximum absolute atomic E-state index is 12.3. The first-order valence-electron chi connectivity index (χ1n) is 6.72. The van der Waals surface area contributed by atoms with E-state index < -0.39 is 22.8 Å². The van der Waals surface area contributed by atoms with Gasteiger partial charge in [0.25, 0.3) is 0 Å². The summed E-state index contributed by atoms with van der Waals surface area (Å²) in [6.45, 7) is 3.31. The summed E-state index contributed by atoms with van der Waals surface area (Å²) in [6.07, 6.45) is 0.489. The van der Waals surface area contributed by atoms with Crippen LogP contribution in [0.5, 0.6) is 0 Å². The lowest BCUT2D eigenvalue weighted by Gasteiger charge is -2.28. The molecule has 2 atom stereocenters. The molecule has 0 aliphatic rings. The van der Waals surface area contributed by atoms with Crippen molar-refractivity contribution in [2.24, 2.45) is 0 Å². The van der Waals surface area contributed by atoms with Crippen LogP contribution in [-0.2, 0) is 16.0 Å². The van der Waals surface area contributed by atoms with E-state index in [0.717, 1.165) is 5.56 Å². The van der Waals surface area contributed by atoms with Crippen LogP contribution in [-0.4, -0.2) is 40.9 Å². The van der Waals surface area contributed by atoms with Gasteiger partial charge in [-0.25, -0.2) is 4.79 Å². The number of aliphatic carboxylic acids is 1. The van der Waals surface area contributed by atoms with Gasteiger partial charge >= 0.3 is 5.97 Å². The number of benzene rings is 1. The van der Waals surface area contributed by atoms with Gasteiger partial charge in [-0.3, -0.25) is 4.79 Å². The zero-order valence-corrected chi connectivity index (χ0v) is 13.4. The summed E-state index contributed by atoms with van der Waals surface area (Å²) < 4.78 is -0.855. The van der Waals surface area contributed by atoms with Gasteiger partial charge in [-0.2, -0.15) is 12.6 Å². The smallest absolute Gasteiger partial charge is 0.327 e. The van der Waals surface area contributed by atoms with Gasteiger partial charge in [0.05, 0.1) is 6.04 Å². The quantitative estimate of drug-likeness (QED) is 0.569. The zero-order valence-electron chi connectivity index (χ0n) is 12.5. The first kappa shape index (κ1) is 17.5. The summed E-state index contributed by atoms with van der Waals surface area (Å²) >= 11 is 4.24. The Balaban J connectivity index is 2.77. The van der Waals surface area contributed by atoms with Crippen LogP contribution in [0.25, 0.3) is 0 Å². The van der Waals surface area contributed by atoms with E-state index in [0.29, 0.717) is 6.42 Å². The van der Waals surface area contributed by atoms with Crippen molar-refractivity contribution in [3.63, 3.8) is 0 Å². The van der Waals surface area contributed by atoms with Crippen molar-refractivity contribution in [2.75, 3.05) is 7.05 Å². The summed E-state index contributed by atoms with van der Waals surface area (Å²) in [6, 6.07) is 8.00. The molecule has 1 amide bonds. The molecule has 5 nitrogen and oxygen atoms in total. The summed E-state index contributed by atoms with van der Waals surface area (Å²) in [4.78, 5) is 23.5. The van der Waals surface area contributed by atoms with Crippen LogP contribution in [0.3, 0.4) is 0 Å². The van der Waals surface area contributed by atoms with E-state index in [9.17, 15) is 14.7 Å². The van der Waals surface area contributed by atoms with Crippen LogP contribution in [0.4, 0.5) is 0 Å². The van der Waals surface area contributed by atoms with E-state index in [1.165, 1.54) is 0 Å². The third-order valence-corrected chi connectivity index (χ3v) is 3.45. The van der Waals surface area contributed by atoms with E-state index in [2.05, 4.69) is 23.3 Å². The van der Waals surface area contributed by atoms with Crippen LogP contribution in [0, 0.1) is 0 Å². The molecular formula is C15H22N2O3S. The Morgan fingerprint density at radius 3 is 2.29 bits per heavy atom. The fraction of sp³-hybridized carbons (Fsp3) is 0.467. The Hall–Kier alpha value is -1.53. The minimum absolute atomic E-state index is 0.351. The summed E-state index contributed by atoms with van der Waals surface area (Å²) in [7, 11) is 1.68. The number of thiol groups is 1. The number of carbonyl (C=O) groups is 2. The Morgan fingerprint density at radius 1 is 1.29 bits per heavy atom. The molecule has 0 bridgehead atoms. The second-order valence-corrected chi connectivity index (χ2v) is 6.62. The SMILES string of the molecule is CN[C@H](Cc1ccccc1)C(=O)N[C@@H](C(=O)O)C(C)(C)S. The minimum atomic E-state index is -1.10. The van der Waals surface area contributed by atoms with E-state index >= 15 is 0 Å². The summed E-state index contributed by atoms with van der Waals surface area (Å²) in [5.74, 6) is -1.45. The molecule has 0 radical (unpaired) electrons. The van der Waals surface area contributed by atoms with Crippen LogP contribution < -0.4 is 10.6 Å². The van der Waals surface area contributed by atoms with Crippen molar-refractivity contribution < 1.29 is 14.7 Å². The Kier molecular flexibility index (Phi) is 6.23. The van der Waals surface area contributed by atoms with Crippen molar-refractivity contribution in [1.29, 1.82) is 0 Å². The van der Waals surface area contributed by atoms with Crippen molar-refractivity contribution in [3.05, 3.63) is 35.9 Å². The Bertz CT molecular complexity index is 485. The van der Waals surface area contributed by atoms with Crippen LogP contribution >= 0.6 is 12.6 Å². The molecule has 0 unspecified atom stereocenters. The Labute approximate surface area is 130 Å². The topological polar surface area (TPSA) is 78.4 Å². The molecule has 0 spiro atoms. The molecule has 0 aliphatic heterocycles. The van der Waals surface area contributed by atoms with Crippen LogP contribution in [0.2, 0.25) is 0 Å². The van der Waals surface area contributed by atoms with Gasteiger partial charge in [-0.15, -0.1) is 0 Å². The predicted molar refractivity (Wildman–Crippen MR) is 85.6 cm³/mol. The molecule has 0 aliphatic carbocycles. The first-order valence-corrected chi connectivity index (χ1v) is 7.17. The molecule has 6 heteroatoms. The standard InChI is InChI=1S/C15H22N2O3S/c1-15(2,21)12(14(19)20)17-13(18)11(16-3)9-10-7-5-4-6-8-10/h4-8,11-12,16,21H,9H2,1-3H3,(H,17,18)(H,19,20)/t11-,12+/m1/s1. The number of hydrogen-bond acceptors (Lipinski definition) is 4. The van der Waals surface area contributed by atoms with E-state index in [1.54, 1.807) is 20.9 Å².